The summed E-state index contributed by atoms with van der Waals surface area (Å²) in [4.78, 5) is 24.6. The van der Waals surface area contributed by atoms with E-state index < -0.39 is 28.4 Å². The molecule has 1 N–H and O–H groups in total. The van der Waals surface area contributed by atoms with Gasteiger partial charge in [-0.1, -0.05) is 43.3 Å². The highest BCUT2D eigenvalue weighted by Crippen LogP contribution is 2.36. The summed E-state index contributed by atoms with van der Waals surface area (Å²) in [6.07, 6.45) is 0.730. The fourth-order valence-electron chi connectivity index (χ4n) is 3.09. The van der Waals surface area contributed by atoms with Crippen molar-refractivity contribution >= 4 is 49.0 Å². The molecule has 0 aliphatic rings. The highest BCUT2D eigenvalue weighted by Gasteiger charge is 2.32. The van der Waals surface area contributed by atoms with Gasteiger partial charge in [-0.3, -0.25) is 4.79 Å². The van der Waals surface area contributed by atoms with Gasteiger partial charge in [0, 0.05) is 22.8 Å². The van der Waals surface area contributed by atoms with Crippen LogP contribution in [0.3, 0.4) is 0 Å². The number of hydrogen-bond donors (Lipinski definition) is 1. The number of hydrogen-bond acceptors (Lipinski definition) is 6. The average Bonchev–Trinajstić information content (AvgIpc) is 3.13. The molecule has 0 saturated heterocycles. The summed E-state index contributed by atoms with van der Waals surface area (Å²) in [5.74, 6) is -1.20. The lowest BCUT2D eigenvalue weighted by Gasteiger charge is -2.18. The largest absolute Gasteiger partial charge is 0.465 e. The van der Waals surface area contributed by atoms with Crippen LogP contribution in [0.5, 0.6) is 0 Å². The van der Waals surface area contributed by atoms with Gasteiger partial charge < -0.3 is 10.1 Å². The molecule has 0 unspecified atom stereocenters. The number of sulfonamides is 1. The molecule has 2 aromatic carbocycles. The first-order valence-corrected chi connectivity index (χ1v) is 11.5. The zero-order valence-electron chi connectivity index (χ0n) is 16.8. The maximum absolute atomic E-state index is 13.3. The van der Waals surface area contributed by atoms with Gasteiger partial charge in [-0.15, -0.1) is 11.3 Å². The van der Waals surface area contributed by atoms with Crippen LogP contribution in [0.15, 0.2) is 53.4 Å². The van der Waals surface area contributed by atoms with E-state index in [-0.39, 0.29) is 9.77 Å². The van der Waals surface area contributed by atoms with Crippen LogP contribution >= 0.6 is 11.3 Å². The summed E-state index contributed by atoms with van der Waals surface area (Å²) in [5.41, 5.74) is 1.60. The lowest BCUT2D eigenvalue weighted by Crippen LogP contribution is -2.35. The van der Waals surface area contributed by atoms with Crippen LogP contribution in [0.2, 0.25) is 0 Å². The van der Waals surface area contributed by atoms with Crippen LogP contribution < -0.4 is 5.32 Å². The molecule has 158 valence electrons. The Morgan fingerprint density at radius 2 is 1.77 bits per heavy atom. The summed E-state index contributed by atoms with van der Waals surface area (Å²) in [6.45, 7) is 1.57. The van der Waals surface area contributed by atoms with E-state index in [0.29, 0.717) is 15.8 Å². The first kappa shape index (κ1) is 21.9. The van der Waals surface area contributed by atoms with E-state index in [2.05, 4.69) is 5.32 Å². The lowest BCUT2D eigenvalue weighted by atomic mass is 10.1. The highest BCUT2D eigenvalue weighted by molar-refractivity contribution is 7.89. The predicted molar refractivity (Wildman–Crippen MR) is 117 cm³/mol. The molecule has 3 aromatic rings. The minimum atomic E-state index is -4.13. The predicted octanol–water partition coefficient (Wildman–Crippen LogP) is 3.51. The van der Waals surface area contributed by atoms with Crippen molar-refractivity contribution in [3.8, 4) is 0 Å². The van der Waals surface area contributed by atoms with Crippen LogP contribution in [-0.2, 0) is 26.0 Å². The SMILES string of the molecule is CCc1ccccc1NC(=O)CN(C)S(=O)(=O)c1c(C(=O)OC)sc2ccccc12. The Hall–Kier alpha value is -2.75. The number of carbonyl (C=O) groups is 2. The van der Waals surface area contributed by atoms with Crippen LogP contribution in [-0.4, -0.2) is 45.3 Å². The van der Waals surface area contributed by atoms with Gasteiger partial charge in [0.05, 0.1) is 13.7 Å². The second-order valence-electron chi connectivity index (χ2n) is 6.57. The van der Waals surface area contributed by atoms with Crippen molar-refractivity contribution in [2.75, 3.05) is 26.0 Å². The normalized spacial score (nSPS) is 11.6. The molecule has 3 rings (SSSR count). The first-order valence-electron chi connectivity index (χ1n) is 9.23. The number of likely N-dealkylation sites (N-methyl/N-ethyl adjacent to an activating group) is 1. The summed E-state index contributed by atoms with van der Waals surface area (Å²) < 4.78 is 33.0. The van der Waals surface area contributed by atoms with Crippen LogP contribution in [0.25, 0.3) is 10.1 Å². The molecule has 1 amide bonds. The maximum Gasteiger partial charge on any atom is 0.349 e. The van der Waals surface area contributed by atoms with Crippen molar-refractivity contribution in [1.29, 1.82) is 0 Å². The second kappa shape index (κ2) is 8.95. The van der Waals surface area contributed by atoms with E-state index in [0.717, 1.165) is 27.6 Å². The second-order valence-corrected chi connectivity index (χ2v) is 9.60. The number of anilines is 1. The molecule has 0 aliphatic heterocycles. The minimum Gasteiger partial charge on any atom is -0.465 e. The van der Waals surface area contributed by atoms with Crippen LogP contribution in [0, 0.1) is 0 Å². The Kier molecular flexibility index (Phi) is 6.55. The number of fused-ring (bicyclic) bond motifs is 1. The third kappa shape index (κ3) is 4.23. The quantitative estimate of drug-likeness (QED) is 0.561. The third-order valence-corrected chi connectivity index (χ3v) is 7.80. The molecule has 0 saturated carbocycles. The first-order chi connectivity index (χ1) is 14.3. The topological polar surface area (TPSA) is 92.8 Å². The molecule has 1 heterocycles. The van der Waals surface area contributed by atoms with E-state index in [1.165, 1.54) is 14.2 Å². The number of benzene rings is 2. The van der Waals surface area contributed by atoms with Gasteiger partial charge in [-0.2, -0.15) is 4.31 Å². The summed E-state index contributed by atoms with van der Waals surface area (Å²) in [7, 11) is -1.62. The number of nitrogens with one attached hydrogen (secondary N) is 1. The number of carbonyl (C=O) groups excluding carboxylic acids is 2. The minimum absolute atomic E-state index is 0.0118. The van der Waals surface area contributed by atoms with Gasteiger partial charge in [0.15, 0.2) is 0 Å². The number of thiophene rings is 1. The molecule has 0 bridgehead atoms. The van der Waals surface area contributed by atoms with E-state index in [1.54, 1.807) is 36.4 Å². The number of nitrogens with zero attached hydrogens (tertiary/aromatic N) is 1. The van der Waals surface area contributed by atoms with Crippen molar-refractivity contribution in [2.45, 2.75) is 18.2 Å². The Bertz CT molecular complexity index is 1200. The number of methoxy groups -OCH3 is 1. The van der Waals surface area contributed by atoms with Gasteiger partial charge in [0.1, 0.15) is 9.77 Å². The van der Waals surface area contributed by atoms with Crippen molar-refractivity contribution in [3.05, 3.63) is 59.0 Å². The molecule has 0 spiro atoms. The summed E-state index contributed by atoms with van der Waals surface area (Å²) in [5, 5.41) is 3.18. The van der Waals surface area contributed by atoms with Gasteiger partial charge in [0.25, 0.3) is 0 Å². The molecule has 0 atom stereocenters. The van der Waals surface area contributed by atoms with Gasteiger partial charge >= 0.3 is 5.97 Å². The number of para-hydroxylation sites is 1. The third-order valence-electron chi connectivity index (χ3n) is 4.63. The molecule has 9 heteroatoms. The van der Waals surface area contributed by atoms with E-state index in [1.807, 2.05) is 19.1 Å². The number of amides is 1. The standard InChI is InChI=1S/C21H22N2O5S2/c1-4-14-9-5-7-11-16(14)22-18(24)13-23(2)30(26,27)20-15-10-6-8-12-17(15)29-19(20)21(25)28-3/h5-12H,4,13H2,1-3H3,(H,22,24). The molecule has 0 aliphatic carbocycles. The van der Waals surface area contributed by atoms with Crippen LogP contribution in [0.4, 0.5) is 5.69 Å². The molecule has 7 nitrogen and oxygen atoms in total. The maximum atomic E-state index is 13.3. The monoisotopic (exact) mass is 446 g/mol. The number of esters is 1. The molecule has 0 radical (unpaired) electrons. The highest BCUT2D eigenvalue weighted by atomic mass is 32.2. The van der Waals surface area contributed by atoms with Gasteiger partial charge in [0.2, 0.25) is 15.9 Å². The van der Waals surface area contributed by atoms with Gasteiger partial charge in [-0.05, 0) is 24.1 Å². The fourth-order valence-corrected chi connectivity index (χ4v) is 5.98. The van der Waals surface area contributed by atoms with Crippen molar-refractivity contribution in [3.63, 3.8) is 0 Å². The lowest BCUT2D eigenvalue weighted by molar-refractivity contribution is -0.116. The molecule has 1 aromatic heterocycles. The Morgan fingerprint density at radius 1 is 1.10 bits per heavy atom. The Balaban J connectivity index is 1.92. The molecular formula is C21H22N2O5S2. The zero-order valence-corrected chi connectivity index (χ0v) is 18.5. The molecular weight excluding hydrogens is 424 g/mol. The number of aryl methyl sites for hydroxylation is 1. The fraction of sp³-hybridized carbons (Fsp3) is 0.238. The smallest absolute Gasteiger partial charge is 0.349 e. The summed E-state index contributed by atoms with van der Waals surface area (Å²) in [6, 6.07) is 14.2. The summed E-state index contributed by atoms with van der Waals surface area (Å²) >= 11 is 1.05. The number of rotatable bonds is 7. The number of ether oxygens (including phenoxy) is 1. The van der Waals surface area contributed by atoms with Crippen molar-refractivity contribution in [2.24, 2.45) is 0 Å². The molecule has 30 heavy (non-hydrogen) atoms. The average molecular weight is 447 g/mol. The van der Waals surface area contributed by atoms with E-state index in [4.69, 9.17) is 4.74 Å². The van der Waals surface area contributed by atoms with Crippen molar-refractivity contribution < 1.29 is 22.7 Å². The Labute approximate surface area is 179 Å². The zero-order chi connectivity index (χ0) is 21.9. The van der Waals surface area contributed by atoms with Crippen molar-refractivity contribution in [1.82, 2.24) is 4.31 Å². The van der Waals surface area contributed by atoms with Gasteiger partial charge in [-0.25, -0.2) is 13.2 Å². The van der Waals surface area contributed by atoms with E-state index in [9.17, 15) is 18.0 Å². The van der Waals surface area contributed by atoms with E-state index >= 15 is 0 Å². The molecule has 0 fully saturated rings. The Morgan fingerprint density at radius 3 is 2.47 bits per heavy atom. The van der Waals surface area contributed by atoms with Crippen LogP contribution in [0.1, 0.15) is 22.2 Å².